The summed E-state index contributed by atoms with van der Waals surface area (Å²) >= 11 is 1.66. The summed E-state index contributed by atoms with van der Waals surface area (Å²) in [7, 11) is 0. The van der Waals surface area contributed by atoms with E-state index in [-0.39, 0.29) is 5.91 Å². The molecule has 3 N–H and O–H groups in total. The van der Waals surface area contributed by atoms with Gasteiger partial charge in [-0.2, -0.15) is 0 Å². The average Bonchev–Trinajstić information content (AvgIpc) is 3.19. The number of hydrogen-bond donors (Lipinski definition) is 2. The monoisotopic (exact) mass is 353 g/mol. The van der Waals surface area contributed by atoms with Crippen molar-refractivity contribution >= 4 is 17.7 Å². The molecule has 0 aliphatic heterocycles. The molecule has 1 aromatic heterocycles. The molecule has 1 aliphatic rings. The van der Waals surface area contributed by atoms with Crippen LogP contribution in [0.15, 0.2) is 5.16 Å². The van der Waals surface area contributed by atoms with Crippen LogP contribution in [0.4, 0.5) is 0 Å². The van der Waals surface area contributed by atoms with Crippen molar-refractivity contribution in [3.63, 3.8) is 0 Å². The van der Waals surface area contributed by atoms with Gasteiger partial charge < -0.3 is 15.6 Å². The Kier molecular flexibility index (Phi) is 7.10. The van der Waals surface area contributed by atoms with Gasteiger partial charge in [-0.15, -0.1) is 10.2 Å². The number of carbonyl (C=O) groups is 1. The van der Waals surface area contributed by atoms with E-state index in [1.54, 1.807) is 18.7 Å². The molecule has 1 fully saturated rings. The van der Waals surface area contributed by atoms with Crippen LogP contribution >= 0.6 is 11.8 Å². The highest BCUT2D eigenvalue weighted by molar-refractivity contribution is 7.98. The summed E-state index contributed by atoms with van der Waals surface area (Å²) in [5.41, 5.74) is 5.28. The first-order valence-electron chi connectivity index (χ1n) is 9.04. The van der Waals surface area contributed by atoms with E-state index in [1.807, 2.05) is 6.92 Å². The minimum absolute atomic E-state index is 0.0635. The van der Waals surface area contributed by atoms with Crippen LogP contribution in [0.2, 0.25) is 0 Å². The molecule has 1 amide bonds. The van der Waals surface area contributed by atoms with E-state index >= 15 is 0 Å². The van der Waals surface area contributed by atoms with Crippen LogP contribution in [0.5, 0.6) is 0 Å². The molecule has 1 aromatic rings. The number of hydrogen-bond acceptors (Lipinski definition) is 5. The lowest BCUT2D eigenvalue weighted by Crippen LogP contribution is -2.51. The van der Waals surface area contributed by atoms with Crippen LogP contribution in [0.3, 0.4) is 0 Å². The normalized spacial score (nSPS) is 17.8. The van der Waals surface area contributed by atoms with Gasteiger partial charge in [0, 0.05) is 19.0 Å². The Labute approximate surface area is 149 Å². The molecule has 0 spiro atoms. The van der Waals surface area contributed by atoms with Crippen molar-refractivity contribution < 1.29 is 4.79 Å². The lowest BCUT2D eigenvalue weighted by atomic mass is 9.96. The highest BCUT2D eigenvalue weighted by Gasteiger charge is 2.27. The number of nitrogens with two attached hydrogens (primary N) is 1. The number of aryl methyl sites for hydroxylation is 1. The van der Waals surface area contributed by atoms with Crippen LogP contribution < -0.4 is 11.1 Å². The van der Waals surface area contributed by atoms with E-state index < -0.39 is 5.54 Å². The number of nitrogens with one attached hydrogen (secondary N) is 1. The van der Waals surface area contributed by atoms with Gasteiger partial charge in [-0.25, -0.2) is 0 Å². The van der Waals surface area contributed by atoms with Gasteiger partial charge in [-0.05, 0) is 38.9 Å². The molecule has 1 unspecified atom stereocenters. The van der Waals surface area contributed by atoms with Gasteiger partial charge in [0.1, 0.15) is 5.82 Å². The van der Waals surface area contributed by atoms with Crippen LogP contribution in [-0.4, -0.2) is 39.0 Å². The molecular weight excluding hydrogens is 322 g/mol. The van der Waals surface area contributed by atoms with Gasteiger partial charge in [0.2, 0.25) is 5.91 Å². The third kappa shape index (κ3) is 4.72. The Bertz CT molecular complexity index is 537. The molecule has 0 bridgehead atoms. The first-order valence-corrected chi connectivity index (χ1v) is 10.3. The van der Waals surface area contributed by atoms with E-state index in [4.69, 9.17) is 5.73 Å². The molecule has 1 saturated carbocycles. The van der Waals surface area contributed by atoms with Crippen molar-refractivity contribution in [2.24, 2.45) is 5.73 Å². The summed E-state index contributed by atoms with van der Waals surface area (Å²) in [5.74, 6) is 0.982. The lowest BCUT2D eigenvalue weighted by molar-refractivity contribution is -0.126. The van der Waals surface area contributed by atoms with Crippen LogP contribution in [0.1, 0.15) is 70.7 Å². The highest BCUT2D eigenvalue weighted by Crippen LogP contribution is 2.33. The zero-order valence-electron chi connectivity index (χ0n) is 15.2. The predicted molar refractivity (Wildman–Crippen MR) is 98.1 cm³/mol. The first kappa shape index (κ1) is 19.2. The second-order valence-corrected chi connectivity index (χ2v) is 7.71. The van der Waals surface area contributed by atoms with Crippen molar-refractivity contribution in [3.8, 4) is 0 Å². The maximum Gasteiger partial charge on any atom is 0.239 e. The van der Waals surface area contributed by atoms with Crippen LogP contribution in [-0.2, 0) is 11.2 Å². The van der Waals surface area contributed by atoms with Gasteiger partial charge in [0.15, 0.2) is 5.16 Å². The molecule has 0 aromatic carbocycles. The first-order chi connectivity index (χ1) is 11.5. The molecule has 6 nitrogen and oxygen atoms in total. The summed E-state index contributed by atoms with van der Waals surface area (Å²) < 4.78 is 2.32. The summed E-state index contributed by atoms with van der Waals surface area (Å²) in [6.07, 6.45) is 10.4. The maximum absolute atomic E-state index is 12.1. The van der Waals surface area contributed by atoms with Gasteiger partial charge in [-0.3, -0.25) is 4.79 Å². The Hall–Kier alpha value is -1.08. The quantitative estimate of drug-likeness (QED) is 0.526. The van der Waals surface area contributed by atoms with Gasteiger partial charge in [-0.1, -0.05) is 37.9 Å². The minimum atomic E-state index is -0.773. The second kappa shape index (κ2) is 8.85. The number of aromatic nitrogens is 3. The Morgan fingerprint density at radius 2 is 2.12 bits per heavy atom. The number of carbonyl (C=O) groups excluding carboxylic acids is 1. The van der Waals surface area contributed by atoms with Crippen molar-refractivity contribution in [1.29, 1.82) is 0 Å². The van der Waals surface area contributed by atoms with E-state index in [1.165, 1.54) is 25.7 Å². The SMILES string of the molecule is CCCC(C)(N)C(=O)NCCCc1nnc(SC)n1C1CCCC1. The number of nitrogens with zero attached hydrogens (tertiary/aromatic N) is 3. The van der Waals surface area contributed by atoms with Crippen LogP contribution in [0.25, 0.3) is 0 Å². The summed E-state index contributed by atoms with van der Waals surface area (Å²) in [6, 6.07) is 0.545. The average molecular weight is 354 g/mol. The minimum Gasteiger partial charge on any atom is -0.355 e. The van der Waals surface area contributed by atoms with E-state index in [9.17, 15) is 4.79 Å². The number of amides is 1. The molecule has 0 saturated heterocycles. The molecule has 1 atom stereocenters. The summed E-state index contributed by atoms with van der Waals surface area (Å²) in [6.45, 7) is 4.46. The van der Waals surface area contributed by atoms with E-state index in [2.05, 4.69) is 26.3 Å². The van der Waals surface area contributed by atoms with Crippen LogP contribution in [0, 0.1) is 0 Å². The molecule has 136 valence electrons. The van der Waals surface area contributed by atoms with Crippen molar-refractivity contribution in [2.75, 3.05) is 12.8 Å². The Morgan fingerprint density at radius 1 is 1.42 bits per heavy atom. The zero-order valence-corrected chi connectivity index (χ0v) is 16.0. The topological polar surface area (TPSA) is 85.8 Å². The molecule has 1 heterocycles. The number of rotatable bonds is 9. The standard InChI is InChI=1S/C17H31N5OS/c1-4-11-17(2,18)15(23)19-12-7-10-14-20-21-16(24-3)22(14)13-8-5-6-9-13/h13H,4-12,18H2,1-3H3,(H,19,23). The van der Waals surface area contributed by atoms with Crippen molar-refractivity contribution in [3.05, 3.63) is 5.82 Å². The lowest BCUT2D eigenvalue weighted by Gasteiger charge is -2.22. The molecule has 7 heteroatoms. The highest BCUT2D eigenvalue weighted by atomic mass is 32.2. The van der Waals surface area contributed by atoms with Crippen molar-refractivity contribution in [1.82, 2.24) is 20.1 Å². The smallest absolute Gasteiger partial charge is 0.239 e. The van der Waals surface area contributed by atoms with E-state index in [0.717, 1.165) is 30.2 Å². The fourth-order valence-corrected chi connectivity index (χ4v) is 4.00. The largest absolute Gasteiger partial charge is 0.355 e. The van der Waals surface area contributed by atoms with E-state index in [0.29, 0.717) is 19.0 Å². The molecule has 1 aliphatic carbocycles. The Balaban J connectivity index is 1.86. The fourth-order valence-electron chi connectivity index (χ4n) is 3.43. The van der Waals surface area contributed by atoms with Gasteiger partial charge in [0.05, 0.1) is 5.54 Å². The van der Waals surface area contributed by atoms with Crippen molar-refractivity contribution in [2.45, 2.75) is 82.0 Å². The second-order valence-electron chi connectivity index (χ2n) is 6.94. The Morgan fingerprint density at radius 3 is 2.75 bits per heavy atom. The molecule has 2 rings (SSSR count). The van der Waals surface area contributed by atoms with Gasteiger partial charge in [0.25, 0.3) is 0 Å². The third-order valence-electron chi connectivity index (χ3n) is 4.76. The molecular formula is C17H31N5OS. The summed E-state index contributed by atoms with van der Waals surface area (Å²) in [4.78, 5) is 12.1. The fraction of sp³-hybridized carbons (Fsp3) is 0.824. The zero-order chi connectivity index (χ0) is 17.6. The van der Waals surface area contributed by atoms with Gasteiger partial charge >= 0.3 is 0 Å². The molecule has 24 heavy (non-hydrogen) atoms. The maximum atomic E-state index is 12.1. The molecule has 0 radical (unpaired) electrons. The third-order valence-corrected chi connectivity index (χ3v) is 5.40. The number of thioether (sulfide) groups is 1. The predicted octanol–water partition coefficient (Wildman–Crippen LogP) is 2.68. The summed E-state index contributed by atoms with van der Waals surface area (Å²) in [5, 5.41) is 12.7.